The lowest BCUT2D eigenvalue weighted by atomic mass is 9.95. The number of primary amides is 1. The van der Waals surface area contributed by atoms with Gasteiger partial charge in [-0.25, -0.2) is 0 Å². The zero-order valence-corrected chi connectivity index (χ0v) is 63.8. The number of nitrogens with zero attached hydrogens (tertiary/aromatic N) is 9. The number of rotatable bonds is 22. The fraction of sp³-hybridized carbons (Fsp3) is 0.771. The summed E-state index contributed by atoms with van der Waals surface area (Å²) in [5.74, 6) is 10.1. The predicted octanol–water partition coefficient (Wildman–Crippen LogP) is 11.6. The maximum atomic E-state index is 10.9. The number of piperidine rings is 2. The molecule has 11 N–H and O–H groups in total. The summed E-state index contributed by atoms with van der Waals surface area (Å²) in [5.41, 5.74) is 5.24. The molecule has 0 spiro atoms. The first-order chi connectivity index (χ1) is 43.0. The Bertz CT molecular complexity index is 2230. The van der Waals surface area contributed by atoms with Gasteiger partial charge in [0.1, 0.15) is 5.76 Å². The van der Waals surface area contributed by atoms with E-state index in [9.17, 15) is 9.59 Å². The summed E-state index contributed by atoms with van der Waals surface area (Å²) in [5, 5.41) is 70.0. The summed E-state index contributed by atoms with van der Waals surface area (Å²) in [4.78, 5) is 39.3. The van der Waals surface area contributed by atoms with Crippen LogP contribution < -0.4 is 5.73 Å². The number of carboxylic acid groups (broad SMARTS) is 1. The number of amidine groups is 8. The summed E-state index contributed by atoms with van der Waals surface area (Å²) in [7, 11) is 17.3. The molecule has 23 nitrogen and oxygen atoms in total. The van der Waals surface area contributed by atoms with Gasteiger partial charge in [-0.15, -0.1) is 6.42 Å². The molecule has 1 aromatic rings. The largest absolute Gasteiger partial charge is 0.481 e. The zero-order valence-electron chi connectivity index (χ0n) is 63.8. The van der Waals surface area contributed by atoms with Crippen LogP contribution >= 0.6 is 0 Å². The quantitative estimate of drug-likeness (QED) is 0.0293. The van der Waals surface area contributed by atoms with Crippen LogP contribution in [0.5, 0.6) is 0 Å². The highest BCUT2D eigenvalue weighted by Crippen LogP contribution is 2.20. The van der Waals surface area contributed by atoms with Crippen molar-refractivity contribution in [1.29, 1.82) is 43.3 Å². The first-order valence-electron chi connectivity index (χ1n) is 33.5. The van der Waals surface area contributed by atoms with Gasteiger partial charge in [-0.3, -0.25) is 52.9 Å². The van der Waals surface area contributed by atoms with E-state index >= 15 is 0 Å². The minimum atomic E-state index is -0.694. The molecule has 3 rings (SSSR count). The van der Waals surface area contributed by atoms with E-state index < -0.39 is 5.97 Å². The third kappa shape index (κ3) is 46.2. The van der Waals surface area contributed by atoms with Crippen LogP contribution in [0.15, 0.2) is 22.8 Å². The molecule has 2 aliphatic rings. The minimum absolute atomic E-state index is 0.0196. The van der Waals surface area contributed by atoms with Gasteiger partial charge in [-0.05, 0) is 65.3 Å². The van der Waals surface area contributed by atoms with Gasteiger partial charge in [0.2, 0.25) is 5.91 Å². The highest BCUT2D eigenvalue weighted by atomic mass is 16.5. The Hall–Kier alpha value is -6.54. The number of hydrogen-bond donors (Lipinski definition) is 10. The summed E-state index contributed by atoms with van der Waals surface area (Å²) in [6, 6.07) is 3.78. The molecular formula is C70H140N18O5. The Morgan fingerprint density at radius 1 is 0.548 bits per heavy atom. The second kappa shape index (κ2) is 53.8. The summed E-state index contributed by atoms with van der Waals surface area (Å²) >= 11 is 0. The van der Waals surface area contributed by atoms with E-state index in [1.807, 2.05) is 186 Å². The lowest BCUT2D eigenvalue weighted by Crippen LogP contribution is -2.43. The molecule has 0 atom stereocenters. The average Bonchev–Trinajstić information content (AvgIpc) is 1.57. The number of furan rings is 1. The number of methoxy groups -OCH3 is 1. The van der Waals surface area contributed by atoms with Crippen molar-refractivity contribution >= 4 is 58.6 Å². The number of aliphatic carboxylic acids is 1. The molecule has 0 saturated carbocycles. The van der Waals surface area contributed by atoms with Crippen LogP contribution in [0, 0.1) is 115 Å². The fourth-order valence-electron chi connectivity index (χ4n) is 8.54. The van der Waals surface area contributed by atoms with Crippen molar-refractivity contribution in [3.8, 4) is 12.3 Å². The first-order valence-corrected chi connectivity index (χ1v) is 33.5. The van der Waals surface area contributed by atoms with Gasteiger partial charge >= 0.3 is 5.97 Å². The van der Waals surface area contributed by atoms with Gasteiger partial charge in [0, 0.05) is 162 Å². The number of carbonyl (C=O) groups is 2. The van der Waals surface area contributed by atoms with E-state index in [1.165, 1.54) is 0 Å². The average molecular weight is 1310 g/mol. The number of ether oxygens (including phenoxy) is 1. The molecule has 23 heteroatoms. The van der Waals surface area contributed by atoms with Gasteiger partial charge < -0.3 is 64.1 Å². The summed E-state index contributed by atoms with van der Waals surface area (Å²) < 4.78 is 10.1. The van der Waals surface area contributed by atoms with E-state index in [-0.39, 0.29) is 41.4 Å². The molecule has 2 saturated heterocycles. The molecule has 540 valence electrons. The van der Waals surface area contributed by atoms with Crippen molar-refractivity contribution in [2.24, 2.45) is 64.9 Å². The summed E-state index contributed by atoms with van der Waals surface area (Å²) in [6.07, 6.45) is 10.8. The first kappa shape index (κ1) is 95.2. The van der Waals surface area contributed by atoms with Crippen LogP contribution in [-0.2, 0) is 20.9 Å². The second-order valence-corrected chi connectivity index (χ2v) is 26.7. The SMILES string of the molecule is C#CCN(C)C(=N)C(C)C.CC(C)C(=N)N(C)CCN(C)C.CC(C)C(=N)N(C)Cc1ccco1.CC(C)C(=N)N1CCC(C(=O)O)CC1.CC(C)C(=N)N1CCC(C(N)=O)CC1.CCCN(C)C(=N)C(C)C.CCN(C)C(=N)C(C)C.COCCN(C)C(=N)C(C)C. The number of nitrogens with two attached hydrogens (primary N) is 1. The molecular weight excluding hydrogens is 1170 g/mol. The van der Waals surface area contributed by atoms with Crippen LogP contribution in [0.2, 0.25) is 0 Å². The molecule has 93 heavy (non-hydrogen) atoms. The highest BCUT2D eigenvalue weighted by Gasteiger charge is 2.27. The Kier molecular flexibility index (Phi) is 55.0. The van der Waals surface area contributed by atoms with Crippen molar-refractivity contribution in [3.63, 3.8) is 0 Å². The van der Waals surface area contributed by atoms with E-state index in [4.69, 9.17) is 69.7 Å². The zero-order chi connectivity index (χ0) is 73.6. The number of carbonyl (C=O) groups excluding carboxylic acids is 1. The molecule has 1 aromatic heterocycles. The van der Waals surface area contributed by atoms with Gasteiger partial charge in [0.05, 0.1) is 78.6 Å². The molecule has 0 radical (unpaired) electrons. The molecule has 3 heterocycles. The predicted molar refractivity (Wildman–Crippen MR) is 394 cm³/mol. The lowest BCUT2D eigenvalue weighted by Gasteiger charge is -2.33. The topological polar surface area (TPSA) is 323 Å². The van der Waals surface area contributed by atoms with Crippen LogP contribution in [0.4, 0.5) is 0 Å². The number of likely N-dealkylation sites (N-methyl/N-ethyl adjacent to an activating group) is 3. The van der Waals surface area contributed by atoms with Gasteiger partial charge in [0.25, 0.3) is 0 Å². The van der Waals surface area contributed by atoms with Crippen LogP contribution in [0.25, 0.3) is 0 Å². The minimum Gasteiger partial charge on any atom is -0.481 e. The second-order valence-electron chi connectivity index (χ2n) is 26.7. The third-order valence-electron chi connectivity index (χ3n) is 15.1. The van der Waals surface area contributed by atoms with E-state index in [0.29, 0.717) is 98.5 Å². The molecule has 0 aliphatic carbocycles. The van der Waals surface area contributed by atoms with Gasteiger partial charge in [0.15, 0.2) is 0 Å². The fourth-order valence-corrected chi connectivity index (χ4v) is 8.54. The van der Waals surface area contributed by atoms with E-state index in [1.54, 1.807) is 18.3 Å². The Balaban J connectivity index is -0.000000319. The van der Waals surface area contributed by atoms with E-state index in [2.05, 4.69) is 52.4 Å². The standard InChI is InChI=1S/C10H19N3O.C10H18N2O2.C10H16N2O.C9H21N3.C8H18N2O.C8H18N2.C8H14N2.C7H16N2/c1-7(2)9(11)13-5-3-8(4-6-13)10(12)14;1-7(2)9(11)12-5-3-8(4-6-12)10(13)14;1-8(2)10(11)12(3)7-9-5-4-6-13-9;1-8(2)9(10)12(5)7-6-11(3)4;1-7(2)8(9)10(3)5-6-11-4;2*1-5-6-10(4)8(9)7(2)3;1-5-9(4)7(8)6(2)3/h7-8,11H,3-6H2,1-2H3,(H2,12,14);7-8,11H,3-6H2,1-2H3,(H,13,14);4-6,8,11H,7H2,1-3H3;8,10H,6-7H2,1-5H3;7,9H,5-6H2,1-4H3;7,9H,5-6H2,1-4H3;1,7,9H,6H2,2-4H3;6,8H,5H2,1-4H3. The highest BCUT2D eigenvalue weighted by molar-refractivity contribution is 5.84. The molecule has 0 aromatic carbocycles. The number of terminal acetylenes is 1. The van der Waals surface area contributed by atoms with Crippen LogP contribution in [-0.4, -0.2) is 243 Å². The monoisotopic (exact) mass is 1310 g/mol. The smallest absolute Gasteiger partial charge is 0.306 e. The Labute approximate surface area is 567 Å². The lowest BCUT2D eigenvalue weighted by molar-refractivity contribution is -0.143. The van der Waals surface area contributed by atoms with Gasteiger partial charge in [-0.2, -0.15) is 0 Å². The summed E-state index contributed by atoms with van der Waals surface area (Å²) in [6.45, 7) is 46.1. The number of nitrogens with one attached hydrogen (secondary N) is 8. The Morgan fingerprint density at radius 3 is 1.17 bits per heavy atom. The number of carboxylic acids is 1. The number of hydrogen-bond acceptors (Lipinski definition) is 13. The molecule has 1 amide bonds. The Morgan fingerprint density at radius 2 is 0.892 bits per heavy atom. The van der Waals surface area contributed by atoms with Crippen molar-refractivity contribution < 1.29 is 23.8 Å². The maximum Gasteiger partial charge on any atom is 0.306 e. The van der Waals surface area contributed by atoms with Crippen LogP contribution in [0.3, 0.4) is 0 Å². The number of likely N-dealkylation sites (tertiary alicyclic amines) is 2. The third-order valence-corrected chi connectivity index (χ3v) is 15.1. The van der Waals surface area contributed by atoms with Crippen molar-refractivity contribution in [1.82, 2.24) is 44.1 Å². The normalized spacial score (nSPS) is 12.7. The molecule has 0 unspecified atom stereocenters. The van der Waals surface area contributed by atoms with Crippen molar-refractivity contribution in [2.45, 2.75) is 163 Å². The maximum absolute atomic E-state index is 10.9. The van der Waals surface area contributed by atoms with Crippen LogP contribution in [0.1, 0.15) is 162 Å². The van der Waals surface area contributed by atoms with E-state index in [0.717, 1.165) is 88.3 Å². The molecule has 0 bridgehead atoms. The van der Waals surface area contributed by atoms with Crippen molar-refractivity contribution in [3.05, 3.63) is 24.2 Å². The number of amides is 1. The van der Waals surface area contributed by atoms with Crippen molar-refractivity contribution in [2.75, 3.05) is 136 Å². The molecule has 2 fully saturated rings. The van der Waals surface area contributed by atoms with Gasteiger partial charge in [-0.1, -0.05) is 124 Å². The molecule has 2 aliphatic heterocycles.